The normalized spacial score (nSPS) is 24.5. The first-order valence-corrected chi connectivity index (χ1v) is 11.8. The number of piperazine rings is 1. The lowest BCUT2D eigenvalue weighted by Crippen LogP contribution is -2.59. The van der Waals surface area contributed by atoms with Gasteiger partial charge in [-0.3, -0.25) is 9.69 Å². The van der Waals surface area contributed by atoms with Crippen molar-refractivity contribution in [1.82, 2.24) is 14.1 Å². The lowest BCUT2D eigenvalue weighted by Gasteiger charge is -2.45. The molecule has 1 atom stereocenters. The highest BCUT2D eigenvalue weighted by atomic mass is 35.5. The molecule has 0 aliphatic carbocycles. The van der Waals surface area contributed by atoms with Crippen molar-refractivity contribution < 1.29 is 17.9 Å². The third-order valence-corrected chi connectivity index (χ3v) is 7.54. The van der Waals surface area contributed by atoms with Gasteiger partial charge in [0.1, 0.15) is 5.75 Å². The van der Waals surface area contributed by atoms with Crippen LogP contribution < -0.4 is 4.74 Å². The van der Waals surface area contributed by atoms with Crippen LogP contribution in [0.5, 0.6) is 5.75 Å². The molecule has 0 bridgehead atoms. The van der Waals surface area contributed by atoms with E-state index < -0.39 is 10.0 Å². The molecule has 9 heteroatoms. The highest BCUT2D eigenvalue weighted by Crippen LogP contribution is 2.34. The number of ether oxygens (including phenoxy) is 1. The molecule has 7 nitrogen and oxygen atoms in total. The van der Waals surface area contributed by atoms with Gasteiger partial charge in [0.2, 0.25) is 10.0 Å². The minimum absolute atomic E-state index is 0.0891. The van der Waals surface area contributed by atoms with Crippen molar-refractivity contribution in [3.8, 4) is 5.75 Å². The van der Waals surface area contributed by atoms with Crippen LogP contribution in [0, 0.1) is 0 Å². The van der Waals surface area contributed by atoms with Crippen LogP contribution in [0.4, 0.5) is 0 Å². The molecule has 1 aromatic rings. The van der Waals surface area contributed by atoms with Gasteiger partial charge in [-0.25, -0.2) is 12.7 Å². The number of hydrogen-bond donors (Lipinski definition) is 0. The van der Waals surface area contributed by atoms with Gasteiger partial charge in [-0.1, -0.05) is 18.5 Å². The van der Waals surface area contributed by atoms with E-state index in [0.29, 0.717) is 42.5 Å². The fourth-order valence-corrected chi connectivity index (χ4v) is 5.34. The molecule has 0 radical (unpaired) electrons. The number of carbonyl (C=O) groups excluding carboxylic acids is 1. The number of hydrogen-bond acceptors (Lipinski definition) is 5. The summed E-state index contributed by atoms with van der Waals surface area (Å²) >= 11 is 6.07. The molecule has 2 heterocycles. The van der Waals surface area contributed by atoms with Crippen molar-refractivity contribution in [2.75, 3.05) is 52.6 Å². The van der Waals surface area contributed by atoms with Gasteiger partial charge in [0, 0.05) is 49.8 Å². The topological polar surface area (TPSA) is 70.2 Å². The maximum atomic E-state index is 13.0. The molecule has 2 aliphatic heterocycles. The molecular formula is C19H28ClN3O4S. The van der Waals surface area contributed by atoms with Crippen LogP contribution in [0.15, 0.2) is 18.2 Å². The summed E-state index contributed by atoms with van der Waals surface area (Å²) in [6.45, 7) is 5.83. The molecule has 2 aliphatic rings. The highest BCUT2D eigenvalue weighted by molar-refractivity contribution is 7.88. The maximum Gasteiger partial charge on any atom is 0.257 e. The Bertz CT molecular complexity index is 840. The van der Waals surface area contributed by atoms with Crippen molar-refractivity contribution in [3.63, 3.8) is 0 Å². The monoisotopic (exact) mass is 429 g/mol. The van der Waals surface area contributed by atoms with E-state index in [-0.39, 0.29) is 11.4 Å². The number of methoxy groups -OCH3 is 1. The van der Waals surface area contributed by atoms with Crippen molar-refractivity contribution in [1.29, 1.82) is 0 Å². The smallest absolute Gasteiger partial charge is 0.257 e. The van der Waals surface area contributed by atoms with Gasteiger partial charge in [-0.05, 0) is 31.0 Å². The van der Waals surface area contributed by atoms with Crippen LogP contribution in [0.25, 0.3) is 0 Å². The number of carbonyl (C=O) groups is 1. The van der Waals surface area contributed by atoms with E-state index in [2.05, 4.69) is 11.8 Å². The van der Waals surface area contributed by atoms with E-state index >= 15 is 0 Å². The van der Waals surface area contributed by atoms with Gasteiger partial charge in [0.25, 0.3) is 5.91 Å². The second kappa shape index (κ2) is 8.18. The number of rotatable bonds is 5. The Balaban J connectivity index is 1.69. The zero-order valence-electron chi connectivity index (χ0n) is 16.6. The van der Waals surface area contributed by atoms with Crippen molar-refractivity contribution >= 4 is 27.5 Å². The first-order chi connectivity index (χ1) is 13.2. The predicted octanol–water partition coefficient (Wildman–Crippen LogP) is 1.92. The van der Waals surface area contributed by atoms with Crippen molar-refractivity contribution in [2.24, 2.45) is 0 Å². The molecule has 28 heavy (non-hydrogen) atoms. The van der Waals surface area contributed by atoms with Crippen molar-refractivity contribution in [3.05, 3.63) is 28.8 Å². The molecular weight excluding hydrogens is 402 g/mol. The Labute approximate surface area is 172 Å². The summed E-state index contributed by atoms with van der Waals surface area (Å²) in [6, 6.07) is 5.05. The SMILES string of the molecule is CC[C@@]1(N2CCN(C(=O)c3cc(Cl)ccc3OC)CC2)CCN(S(C)(=O)=O)C1. The molecule has 1 amide bonds. The lowest BCUT2D eigenvalue weighted by atomic mass is 9.92. The summed E-state index contributed by atoms with van der Waals surface area (Å²) in [7, 11) is -1.64. The van der Waals surface area contributed by atoms with Gasteiger partial charge in [-0.2, -0.15) is 0 Å². The average Bonchev–Trinajstić information content (AvgIpc) is 3.14. The molecule has 2 saturated heterocycles. The summed E-state index contributed by atoms with van der Waals surface area (Å²) in [4.78, 5) is 17.1. The van der Waals surface area contributed by atoms with E-state index in [1.54, 1.807) is 22.5 Å². The van der Waals surface area contributed by atoms with Crippen LogP contribution in [0.2, 0.25) is 5.02 Å². The van der Waals surface area contributed by atoms with Crippen LogP contribution >= 0.6 is 11.6 Å². The van der Waals surface area contributed by atoms with E-state index in [0.717, 1.165) is 25.9 Å². The minimum atomic E-state index is -3.18. The number of halogens is 1. The Morgan fingerprint density at radius 2 is 1.89 bits per heavy atom. The first-order valence-electron chi connectivity index (χ1n) is 9.53. The Morgan fingerprint density at radius 1 is 1.21 bits per heavy atom. The predicted molar refractivity (Wildman–Crippen MR) is 110 cm³/mol. The van der Waals surface area contributed by atoms with Gasteiger partial charge < -0.3 is 9.64 Å². The van der Waals surface area contributed by atoms with E-state index in [1.165, 1.54) is 13.4 Å². The lowest BCUT2D eigenvalue weighted by molar-refractivity contribution is 0.0311. The van der Waals surface area contributed by atoms with E-state index in [9.17, 15) is 13.2 Å². The highest BCUT2D eigenvalue weighted by Gasteiger charge is 2.45. The molecule has 0 N–H and O–H groups in total. The summed E-state index contributed by atoms with van der Waals surface area (Å²) < 4.78 is 30.8. The van der Waals surface area contributed by atoms with Crippen LogP contribution in [0.1, 0.15) is 30.1 Å². The zero-order chi connectivity index (χ0) is 20.5. The van der Waals surface area contributed by atoms with Crippen LogP contribution in [-0.4, -0.2) is 86.6 Å². The third kappa shape index (κ3) is 4.15. The summed E-state index contributed by atoms with van der Waals surface area (Å²) in [5.74, 6) is 0.426. The second-order valence-corrected chi connectivity index (χ2v) is 9.97. The second-order valence-electron chi connectivity index (χ2n) is 7.55. The number of sulfonamides is 1. The molecule has 0 spiro atoms. The first kappa shape index (κ1) is 21.4. The molecule has 2 fully saturated rings. The Hall–Kier alpha value is -1.35. The molecule has 1 aromatic carbocycles. The Kier molecular flexibility index (Phi) is 6.24. The van der Waals surface area contributed by atoms with Gasteiger partial charge >= 0.3 is 0 Å². The minimum Gasteiger partial charge on any atom is -0.496 e. The summed E-state index contributed by atoms with van der Waals surface area (Å²) in [6.07, 6.45) is 2.98. The van der Waals surface area contributed by atoms with Gasteiger partial charge in [-0.15, -0.1) is 0 Å². The molecule has 0 aromatic heterocycles. The van der Waals surface area contributed by atoms with Gasteiger partial charge in [0.15, 0.2) is 0 Å². The maximum absolute atomic E-state index is 13.0. The molecule has 156 valence electrons. The zero-order valence-corrected chi connectivity index (χ0v) is 18.2. The number of nitrogens with zero attached hydrogens (tertiary/aromatic N) is 3. The van der Waals surface area contributed by atoms with E-state index in [1.807, 2.05) is 4.90 Å². The standard InChI is InChI=1S/C19H28ClN3O4S/c1-4-19(7-8-23(14-19)28(3,25)26)22-11-9-21(10-12-22)18(24)16-13-15(20)5-6-17(16)27-2/h5-6,13H,4,7-12,14H2,1-3H3/t19-/m1/s1. The largest absolute Gasteiger partial charge is 0.496 e. The molecule has 0 saturated carbocycles. The third-order valence-electron chi connectivity index (χ3n) is 6.05. The summed E-state index contributed by atoms with van der Waals surface area (Å²) in [5.41, 5.74) is 0.323. The molecule has 3 rings (SSSR count). The van der Waals surface area contributed by atoms with E-state index in [4.69, 9.17) is 16.3 Å². The van der Waals surface area contributed by atoms with Crippen LogP contribution in [0.3, 0.4) is 0 Å². The summed E-state index contributed by atoms with van der Waals surface area (Å²) in [5, 5.41) is 0.500. The van der Waals surface area contributed by atoms with Gasteiger partial charge in [0.05, 0.1) is 18.9 Å². The fraction of sp³-hybridized carbons (Fsp3) is 0.632. The molecule has 0 unspecified atom stereocenters. The fourth-order valence-electron chi connectivity index (χ4n) is 4.27. The average molecular weight is 430 g/mol. The van der Waals surface area contributed by atoms with Crippen molar-refractivity contribution in [2.45, 2.75) is 25.3 Å². The van der Waals surface area contributed by atoms with Crippen LogP contribution in [-0.2, 0) is 10.0 Å². The Morgan fingerprint density at radius 3 is 2.43 bits per heavy atom. The number of benzene rings is 1. The number of amides is 1. The quantitative estimate of drug-likeness (QED) is 0.715.